The second-order valence-electron chi connectivity index (χ2n) is 10.0. The Kier molecular flexibility index (Phi) is 11.6. The Morgan fingerprint density at radius 1 is 1.00 bits per heavy atom. The molecule has 2 aliphatic heterocycles. The number of fused-ring (bicyclic) bond motifs is 1. The van der Waals surface area contributed by atoms with Crippen LogP contribution in [-0.2, 0) is 4.79 Å². The minimum Gasteiger partial charge on any atom is -0.396 e. The normalized spacial score (nSPS) is 17.6. The van der Waals surface area contributed by atoms with Crippen LogP contribution in [0.3, 0.4) is 0 Å². The number of nitrogens with zero attached hydrogens (tertiary/aromatic N) is 4. The molecule has 226 valence electrons. The van der Waals surface area contributed by atoms with E-state index in [4.69, 9.17) is 5.11 Å². The number of aliphatic hydroxyl groups is 1. The molecule has 5 rings (SSSR count). The zero-order valence-electron chi connectivity index (χ0n) is 23.2. The van der Waals surface area contributed by atoms with E-state index < -0.39 is 18.3 Å². The van der Waals surface area contributed by atoms with Gasteiger partial charge in [0.15, 0.2) is 0 Å². The quantitative estimate of drug-likeness (QED) is 0.358. The number of carbonyl (C=O) groups excluding carboxylic acids is 2. The third kappa shape index (κ3) is 7.18. The lowest BCUT2D eigenvalue weighted by molar-refractivity contribution is -0.127. The van der Waals surface area contributed by atoms with Gasteiger partial charge < -0.3 is 14.9 Å². The van der Waals surface area contributed by atoms with Crippen LogP contribution in [0.1, 0.15) is 33.8 Å². The van der Waals surface area contributed by atoms with Gasteiger partial charge in [-0.15, -0.1) is 36.2 Å². The predicted octanol–water partition coefficient (Wildman–Crippen LogP) is 5.56. The number of alkyl halides is 2. The average Bonchev–Trinajstić information content (AvgIpc) is 3.32. The molecule has 2 amide bonds. The van der Waals surface area contributed by atoms with Crippen LogP contribution in [0.2, 0.25) is 0 Å². The van der Waals surface area contributed by atoms with Crippen LogP contribution in [0.4, 0.5) is 14.5 Å². The molecular formula is C30H34Cl2F2N4O3S. The van der Waals surface area contributed by atoms with E-state index in [-0.39, 0.29) is 55.0 Å². The second kappa shape index (κ2) is 14.5. The summed E-state index contributed by atoms with van der Waals surface area (Å²) < 4.78 is 31.3. The smallest absolute Gasteiger partial charge is 0.275 e. The van der Waals surface area contributed by atoms with Gasteiger partial charge in [0.2, 0.25) is 5.91 Å². The Bertz CT molecular complexity index is 1410. The Balaban J connectivity index is 0.00000242. The van der Waals surface area contributed by atoms with Gasteiger partial charge in [0.05, 0.1) is 11.4 Å². The SMILES string of the molecule is Cc1nc(-c2ccccc2)sc1C(=O)N1CCC(F)(F)/C(=C\C(=O)N2CCN(CCCO)CC2)c2ccccc21.Cl.Cl. The fourth-order valence-electron chi connectivity index (χ4n) is 5.16. The Labute approximate surface area is 260 Å². The van der Waals surface area contributed by atoms with Crippen LogP contribution in [0.25, 0.3) is 16.1 Å². The van der Waals surface area contributed by atoms with Crippen molar-refractivity contribution in [3.05, 3.63) is 76.8 Å². The van der Waals surface area contributed by atoms with E-state index in [2.05, 4.69) is 9.88 Å². The highest BCUT2D eigenvalue weighted by molar-refractivity contribution is 7.17. The van der Waals surface area contributed by atoms with E-state index in [1.54, 1.807) is 36.1 Å². The molecule has 3 aromatic rings. The first-order valence-corrected chi connectivity index (χ1v) is 14.3. The number of para-hydroxylation sites is 1. The minimum absolute atomic E-state index is 0. The van der Waals surface area contributed by atoms with E-state index >= 15 is 8.78 Å². The number of carbonyl (C=O) groups is 2. The number of benzene rings is 2. The van der Waals surface area contributed by atoms with Crippen LogP contribution >= 0.6 is 36.2 Å². The Morgan fingerprint density at radius 2 is 1.67 bits per heavy atom. The molecule has 0 radical (unpaired) electrons. The van der Waals surface area contributed by atoms with Gasteiger partial charge in [-0.1, -0.05) is 48.5 Å². The maximum absolute atomic E-state index is 15.7. The molecule has 12 heteroatoms. The van der Waals surface area contributed by atoms with Crippen LogP contribution in [0, 0.1) is 6.92 Å². The predicted molar refractivity (Wildman–Crippen MR) is 167 cm³/mol. The fraction of sp³-hybridized carbons (Fsp3) is 0.367. The van der Waals surface area contributed by atoms with Crippen molar-refractivity contribution >= 4 is 59.2 Å². The Morgan fingerprint density at radius 3 is 2.36 bits per heavy atom. The summed E-state index contributed by atoms with van der Waals surface area (Å²) in [4.78, 5) is 37.1. The number of hydrogen-bond donors (Lipinski definition) is 1. The molecule has 1 N–H and O–H groups in total. The third-order valence-electron chi connectivity index (χ3n) is 7.37. The van der Waals surface area contributed by atoms with Gasteiger partial charge >= 0.3 is 0 Å². The molecule has 1 saturated heterocycles. The number of thiazole rings is 1. The molecule has 0 spiro atoms. The number of allylic oxidation sites excluding steroid dienone is 1. The van der Waals surface area contributed by atoms with Gasteiger partial charge in [-0.2, -0.15) is 0 Å². The first-order valence-electron chi connectivity index (χ1n) is 13.4. The summed E-state index contributed by atoms with van der Waals surface area (Å²) in [5.41, 5.74) is 1.60. The van der Waals surface area contributed by atoms with Crippen LogP contribution in [0.15, 0.2) is 60.7 Å². The maximum atomic E-state index is 15.7. The highest BCUT2D eigenvalue weighted by atomic mass is 35.5. The van der Waals surface area contributed by atoms with Gasteiger partial charge in [-0.05, 0) is 19.4 Å². The number of amides is 2. The molecule has 42 heavy (non-hydrogen) atoms. The standard InChI is InChI=1S/C30H32F2N4O3S.2ClH/c1-21-27(40-28(33-21)22-8-3-2-4-9-22)29(39)36-14-12-30(31,32)24(23-10-5-6-11-25(23)36)20-26(38)35-17-15-34(16-18-35)13-7-19-37;;/h2-6,8-11,20,37H,7,12-19H2,1H3;2*1H/b24-20-;;. The number of aliphatic hydroxyl groups excluding tert-OH is 1. The van der Waals surface area contributed by atoms with Gasteiger partial charge in [0.25, 0.3) is 11.8 Å². The second-order valence-corrected chi connectivity index (χ2v) is 11.0. The summed E-state index contributed by atoms with van der Waals surface area (Å²) in [6.07, 6.45) is 1.11. The largest absolute Gasteiger partial charge is 0.396 e. The minimum atomic E-state index is -3.30. The van der Waals surface area contributed by atoms with E-state index in [0.29, 0.717) is 53.9 Å². The number of aromatic nitrogens is 1. The van der Waals surface area contributed by atoms with Crippen molar-refractivity contribution in [3.63, 3.8) is 0 Å². The monoisotopic (exact) mass is 638 g/mol. The molecule has 2 aliphatic rings. The van der Waals surface area contributed by atoms with Crippen LogP contribution in [-0.4, -0.2) is 83.5 Å². The van der Waals surface area contributed by atoms with Gasteiger partial charge in [-0.25, -0.2) is 13.8 Å². The molecule has 0 saturated carbocycles. The highest BCUT2D eigenvalue weighted by Gasteiger charge is 2.42. The molecule has 7 nitrogen and oxygen atoms in total. The molecule has 1 fully saturated rings. The van der Waals surface area contributed by atoms with Crippen LogP contribution in [0.5, 0.6) is 0 Å². The number of piperazine rings is 1. The molecule has 1 aromatic heterocycles. The first-order chi connectivity index (χ1) is 19.3. The van der Waals surface area contributed by atoms with Crippen molar-refractivity contribution in [1.29, 1.82) is 0 Å². The molecule has 3 heterocycles. The number of rotatable bonds is 6. The van der Waals surface area contributed by atoms with E-state index in [9.17, 15) is 9.59 Å². The van der Waals surface area contributed by atoms with Crippen molar-refractivity contribution < 1.29 is 23.5 Å². The van der Waals surface area contributed by atoms with Crippen molar-refractivity contribution in [2.75, 3.05) is 50.8 Å². The Hall–Kier alpha value is -2.89. The van der Waals surface area contributed by atoms with Gasteiger partial charge in [0.1, 0.15) is 9.88 Å². The van der Waals surface area contributed by atoms with Gasteiger partial charge in [-0.3, -0.25) is 14.5 Å². The third-order valence-corrected chi connectivity index (χ3v) is 8.56. The number of hydrogen-bond acceptors (Lipinski definition) is 6. The fourth-order valence-corrected chi connectivity index (χ4v) is 6.18. The van der Waals surface area contributed by atoms with Crippen molar-refractivity contribution in [2.24, 2.45) is 0 Å². The topological polar surface area (TPSA) is 77.0 Å². The molecular weight excluding hydrogens is 605 g/mol. The van der Waals surface area contributed by atoms with Crippen molar-refractivity contribution in [3.8, 4) is 10.6 Å². The summed E-state index contributed by atoms with van der Waals surface area (Å²) in [7, 11) is 0. The summed E-state index contributed by atoms with van der Waals surface area (Å²) >= 11 is 1.25. The summed E-state index contributed by atoms with van der Waals surface area (Å²) in [5.74, 6) is -4.15. The number of halogens is 4. The lowest BCUT2D eigenvalue weighted by atomic mass is 9.96. The number of anilines is 1. The highest BCUT2D eigenvalue weighted by Crippen LogP contribution is 2.44. The van der Waals surface area contributed by atoms with Crippen molar-refractivity contribution in [1.82, 2.24) is 14.8 Å². The van der Waals surface area contributed by atoms with E-state index in [1.165, 1.54) is 16.2 Å². The number of aryl methyl sites for hydroxylation is 1. The van der Waals surface area contributed by atoms with Gasteiger partial charge in [0, 0.05) is 75.1 Å². The summed E-state index contributed by atoms with van der Waals surface area (Å²) in [5, 5.41) is 9.75. The molecule has 2 aromatic carbocycles. The zero-order valence-corrected chi connectivity index (χ0v) is 25.6. The lowest BCUT2D eigenvalue weighted by Crippen LogP contribution is -2.48. The zero-order chi connectivity index (χ0) is 28.3. The van der Waals surface area contributed by atoms with Crippen LogP contribution < -0.4 is 4.90 Å². The van der Waals surface area contributed by atoms with E-state index in [0.717, 1.165) is 18.2 Å². The molecule has 0 aliphatic carbocycles. The van der Waals surface area contributed by atoms with E-state index in [1.807, 2.05) is 30.3 Å². The molecule has 0 atom stereocenters. The first kappa shape index (κ1) is 33.6. The summed E-state index contributed by atoms with van der Waals surface area (Å²) in [6, 6.07) is 16.1. The molecule has 0 bridgehead atoms. The maximum Gasteiger partial charge on any atom is 0.275 e. The lowest BCUT2D eigenvalue weighted by Gasteiger charge is -2.34. The summed E-state index contributed by atoms with van der Waals surface area (Å²) in [6.45, 7) is 4.52. The average molecular weight is 640 g/mol. The van der Waals surface area contributed by atoms with Crippen molar-refractivity contribution in [2.45, 2.75) is 25.7 Å². The molecule has 0 unspecified atom stereocenters.